The predicted molar refractivity (Wildman–Crippen MR) is 54.3 cm³/mol. The Bertz CT molecular complexity index is 485. The van der Waals surface area contributed by atoms with Gasteiger partial charge in [-0.25, -0.2) is 4.52 Å². The molecule has 0 aliphatic carbocycles. The summed E-state index contributed by atoms with van der Waals surface area (Å²) >= 11 is 0. The molecule has 0 fully saturated rings. The monoisotopic (exact) mass is 188 g/mol. The molecule has 3 heteroatoms. The fraction of sp³-hybridized carbons (Fsp3) is 0.273. The zero-order valence-electron chi connectivity index (χ0n) is 8.32. The number of nitrogens with zero attached hydrogens (tertiary/aromatic N) is 2. The molecule has 0 saturated heterocycles. The van der Waals surface area contributed by atoms with Gasteiger partial charge in [-0.05, 0) is 37.6 Å². The molecule has 0 atom stereocenters. The summed E-state index contributed by atoms with van der Waals surface area (Å²) in [4.78, 5) is 10.9. The van der Waals surface area contributed by atoms with E-state index in [2.05, 4.69) is 5.10 Å². The molecule has 0 N–H and O–H groups in total. The highest BCUT2D eigenvalue weighted by atomic mass is 16.1. The van der Waals surface area contributed by atoms with Gasteiger partial charge in [0, 0.05) is 12.6 Å². The summed E-state index contributed by atoms with van der Waals surface area (Å²) in [5.74, 6) is 0.186. The van der Waals surface area contributed by atoms with Crippen LogP contribution in [0.25, 0.3) is 5.52 Å². The third-order valence-corrected chi connectivity index (χ3v) is 2.10. The Balaban J connectivity index is 2.45. The number of rotatable bonds is 2. The number of aryl methyl sites for hydroxylation is 1. The molecule has 2 rings (SSSR count). The number of aromatic nitrogens is 2. The number of pyridine rings is 1. The van der Waals surface area contributed by atoms with Crippen molar-refractivity contribution in [2.45, 2.75) is 20.3 Å². The molecule has 3 nitrogen and oxygen atoms in total. The van der Waals surface area contributed by atoms with E-state index in [1.807, 2.05) is 35.8 Å². The Kier molecular flexibility index (Phi) is 2.08. The number of fused-ring (bicyclic) bond motifs is 1. The summed E-state index contributed by atoms with van der Waals surface area (Å²) in [6.07, 6.45) is 2.39. The molecule has 0 bridgehead atoms. The second-order valence-corrected chi connectivity index (χ2v) is 3.57. The van der Waals surface area contributed by atoms with Crippen molar-refractivity contribution in [2.24, 2.45) is 0 Å². The lowest BCUT2D eigenvalue weighted by molar-refractivity contribution is -0.116. The lowest BCUT2D eigenvalue weighted by Crippen LogP contribution is -1.97. The van der Waals surface area contributed by atoms with Gasteiger partial charge in [0.15, 0.2) is 0 Å². The number of carbonyl (C=O) groups is 1. The standard InChI is InChI=1S/C11H12N2O/c1-8-5-11-7-10(6-9(2)14)3-4-13(11)12-8/h3-5,7H,6H2,1-2H3. The van der Waals surface area contributed by atoms with Gasteiger partial charge in [-0.3, -0.25) is 4.79 Å². The lowest BCUT2D eigenvalue weighted by atomic mass is 10.1. The average molecular weight is 188 g/mol. The highest BCUT2D eigenvalue weighted by molar-refractivity contribution is 5.78. The number of Topliss-reactive ketones (excluding diaryl/α,β-unsaturated/α-hetero) is 1. The first kappa shape index (κ1) is 8.94. The van der Waals surface area contributed by atoms with Crippen LogP contribution in [0.3, 0.4) is 0 Å². The first-order valence-corrected chi connectivity index (χ1v) is 4.59. The first-order chi connectivity index (χ1) is 6.65. The molecular formula is C11H12N2O. The normalized spacial score (nSPS) is 10.7. The maximum Gasteiger partial charge on any atom is 0.134 e. The van der Waals surface area contributed by atoms with Gasteiger partial charge < -0.3 is 0 Å². The smallest absolute Gasteiger partial charge is 0.134 e. The molecule has 14 heavy (non-hydrogen) atoms. The van der Waals surface area contributed by atoms with Crippen LogP contribution in [0, 0.1) is 6.92 Å². The van der Waals surface area contributed by atoms with Crippen molar-refractivity contribution in [1.29, 1.82) is 0 Å². The van der Waals surface area contributed by atoms with E-state index >= 15 is 0 Å². The van der Waals surface area contributed by atoms with Crippen LogP contribution in [0.5, 0.6) is 0 Å². The fourth-order valence-electron chi connectivity index (χ4n) is 1.57. The summed E-state index contributed by atoms with van der Waals surface area (Å²) in [7, 11) is 0. The largest absolute Gasteiger partial charge is 0.300 e. The molecule has 0 unspecified atom stereocenters. The zero-order valence-corrected chi connectivity index (χ0v) is 8.32. The SMILES string of the molecule is CC(=O)Cc1ccn2nc(C)cc2c1. The second kappa shape index (κ2) is 3.25. The maximum atomic E-state index is 10.9. The van der Waals surface area contributed by atoms with Gasteiger partial charge in [0.25, 0.3) is 0 Å². The zero-order chi connectivity index (χ0) is 10.1. The Morgan fingerprint density at radius 2 is 2.29 bits per heavy atom. The van der Waals surface area contributed by atoms with E-state index in [0.717, 1.165) is 16.8 Å². The van der Waals surface area contributed by atoms with Crippen molar-refractivity contribution in [1.82, 2.24) is 9.61 Å². The summed E-state index contributed by atoms with van der Waals surface area (Å²) in [5, 5.41) is 4.27. The van der Waals surface area contributed by atoms with Gasteiger partial charge >= 0.3 is 0 Å². The van der Waals surface area contributed by atoms with Crippen LogP contribution >= 0.6 is 0 Å². The summed E-state index contributed by atoms with van der Waals surface area (Å²) in [6.45, 7) is 3.56. The van der Waals surface area contributed by atoms with Crippen LogP contribution in [0.4, 0.5) is 0 Å². The maximum absolute atomic E-state index is 10.9. The summed E-state index contributed by atoms with van der Waals surface area (Å²) in [6, 6.07) is 5.94. The van der Waals surface area contributed by atoms with E-state index in [-0.39, 0.29) is 5.78 Å². The topological polar surface area (TPSA) is 34.4 Å². The summed E-state index contributed by atoms with van der Waals surface area (Å²) < 4.78 is 1.82. The van der Waals surface area contributed by atoms with E-state index in [9.17, 15) is 4.79 Å². The molecule has 0 radical (unpaired) electrons. The first-order valence-electron chi connectivity index (χ1n) is 4.59. The minimum atomic E-state index is 0.186. The molecule has 2 aromatic heterocycles. The average Bonchev–Trinajstić information content (AvgIpc) is 2.42. The van der Waals surface area contributed by atoms with E-state index in [4.69, 9.17) is 0 Å². The van der Waals surface area contributed by atoms with Crippen molar-refractivity contribution in [3.63, 3.8) is 0 Å². The van der Waals surface area contributed by atoms with E-state index in [1.165, 1.54) is 0 Å². The van der Waals surface area contributed by atoms with E-state index < -0.39 is 0 Å². The van der Waals surface area contributed by atoms with Gasteiger partial charge in [0.1, 0.15) is 5.78 Å². The van der Waals surface area contributed by atoms with Crippen LogP contribution in [0.2, 0.25) is 0 Å². The highest BCUT2D eigenvalue weighted by Gasteiger charge is 2.01. The fourth-order valence-corrected chi connectivity index (χ4v) is 1.57. The number of hydrogen-bond donors (Lipinski definition) is 0. The molecule has 72 valence electrons. The highest BCUT2D eigenvalue weighted by Crippen LogP contribution is 2.09. The number of hydrogen-bond acceptors (Lipinski definition) is 2. The van der Waals surface area contributed by atoms with Crippen LogP contribution in [-0.4, -0.2) is 15.4 Å². The Morgan fingerprint density at radius 3 is 3.00 bits per heavy atom. The van der Waals surface area contributed by atoms with Crippen LogP contribution in [-0.2, 0) is 11.2 Å². The molecule has 2 aromatic rings. The van der Waals surface area contributed by atoms with Crippen molar-refractivity contribution < 1.29 is 4.79 Å². The van der Waals surface area contributed by atoms with Crippen molar-refractivity contribution in [3.05, 3.63) is 35.7 Å². The predicted octanol–water partition coefficient (Wildman–Crippen LogP) is 1.77. The molecule has 0 aromatic carbocycles. The Morgan fingerprint density at radius 1 is 1.50 bits per heavy atom. The summed E-state index contributed by atoms with van der Waals surface area (Å²) in [5.41, 5.74) is 3.08. The third-order valence-electron chi connectivity index (χ3n) is 2.10. The van der Waals surface area contributed by atoms with Gasteiger partial charge in [0.2, 0.25) is 0 Å². The van der Waals surface area contributed by atoms with Gasteiger partial charge in [-0.2, -0.15) is 5.10 Å². The van der Waals surface area contributed by atoms with Crippen molar-refractivity contribution >= 4 is 11.3 Å². The van der Waals surface area contributed by atoms with Gasteiger partial charge in [-0.1, -0.05) is 0 Å². The van der Waals surface area contributed by atoms with Crippen LogP contribution in [0.1, 0.15) is 18.2 Å². The van der Waals surface area contributed by atoms with E-state index in [1.54, 1.807) is 6.92 Å². The third kappa shape index (κ3) is 1.66. The van der Waals surface area contributed by atoms with Crippen LogP contribution in [0.15, 0.2) is 24.4 Å². The number of carbonyl (C=O) groups excluding carboxylic acids is 1. The van der Waals surface area contributed by atoms with Crippen molar-refractivity contribution in [3.8, 4) is 0 Å². The van der Waals surface area contributed by atoms with E-state index in [0.29, 0.717) is 6.42 Å². The number of ketones is 1. The molecule has 0 aliphatic heterocycles. The minimum absolute atomic E-state index is 0.186. The minimum Gasteiger partial charge on any atom is -0.300 e. The molecule has 2 heterocycles. The molecular weight excluding hydrogens is 176 g/mol. The van der Waals surface area contributed by atoms with Gasteiger partial charge in [-0.15, -0.1) is 0 Å². The molecule has 0 amide bonds. The lowest BCUT2D eigenvalue weighted by Gasteiger charge is -1.98. The molecule has 0 saturated carbocycles. The molecule has 0 aliphatic rings. The Labute approximate surface area is 82.4 Å². The van der Waals surface area contributed by atoms with Crippen molar-refractivity contribution in [2.75, 3.05) is 0 Å². The Hall–Kier alpha value is -1.64. The molecule has 0 spiro atoms. The van der Waals surface area contributed by atoms with Crippen LogP contribution < -0.4 is 0 Å². The van der Waals surface area contributed by atoms with Gasteiger partial charge in [0.05, 0.1) is 11.2 Å². The quantitative estimate of drug-likeness (QED) is 0.719. The second-order valence-electron chi connectivity index (χ2n) is 3.57.